The Kier molecular flexibility index (Phi) is 5.83. The summed E-state index contributed by atoms with van der Waals surface area (Å²) in [5.41, 5.74) is 4.42. The summed E-state index contributed by atoms with van der Waals surface area (Å²) in [4.78, 5) is 28.7. The molecule has 1 fully saturated rings. The van der Waals surface area contributed by atoms with Gasteiger partial charge in [0.1, 0.15) is 5.69 Å². The average molecular weight is 449 g/mol. The highest BCUT2D eigenvalue weighted by molar-refractivity contribution is 7.14. The number of anilines is 2. The third kappa shape index (κ3) is 4.21. The normalized spacial score (nSPS) is 16.2. The molecular weight excluding hydrogens is 420 g/mol. The summed E-state index contributed by atoms with van der Waals surface area (Å²) in [7, 11) is 1.93. The van der Waals surface area contributed by atoms with Crippen molar-refractivity contribution in [3.05, 3.63) is 53.0 Å². The molecule has 2 amide bonds. The molecule has 1 aliphatic heterocycles. The van der Waals surface area contributed by atoms with Crippen LogP contribution in [0.4, 0.5) is 11.4 Å². The summed E-state index contributed by atoms with van der Waals surface area (Å²) in [5.74, 6) is 0.544. The Morgan fingerprint density at radius 3 is 2.69 bits per heavy atom. The highest BCUT2D eigenvalue weighted by Gasteiger charge is 2.28. The van der Waals surface area contributed by atoms with Gasteiger partial charge < -0.3 is 10.2 Å². The number of nitrogens with zero attached hydrogens (tertiary/aromatic N) is 3. The quantitative estimate of drug-likeness (QED) is 0.592. The SMILES string of the molecule is Cn1cc2c(n1)-c1sccc1N(C(=O)c1ccc(NC(=O)CC3CCCCC3)cc1)CC2. The molecule has 2 aliphatic rings. The van der Waals surface area contributed by atoms with Gasteiger partial charge in [0, 0.05) is 43.0 Å². The molecule has 0 atom stereocenters. The first-order chi connectivity index (χ1) is 15.6. The van der Waals surface area contributed by atoms with Crippen molar-refractivity contribution < 1.29 is 9.59 Å². The third-order valence-electron chi connectivity index (χ3n) is 6.52. The molecule has 1 aromatic carbocycles. The zero-order chi connectivity index (χ0) is 22.1. The van der Waals surface area contributed by atoms with Gasteiger partial charge in [-0.3, -0.25) is 14.3 Å². The summed E-state index contributed by atoms with van der Waals surface area (Å²) in [5, 5.41) is 9.63. The molecule has 0 bridgehead atoms. The molecule has 0 radical (unpaired) electrons. The van der Waals surface area contributed by atoms with Crippen LogP contribution in [0, 0.1) is 5.92 Å². The molecule has 1 N–H and O–H groups in total. The van der Waals surface area contributed by atoms with Crippen LogP contribution in [-0.4, -0.2) is 28.1 Å². The van der Waals surface area contributed by atoms with Crippen LogP contribution in [0.25, 0.3) is 10.6 Å². The Balaban J connectivity index is 1.28. The third-order valence-corrected chi connectivity index (χ3v) is 7.43. The van der Waals surface area contributed by atoms with Crippen LogP contribution in [0.15, 0.2) is 41.9 Å². The minimum atomic E-state index is -0.0285. The van der Waals surface area contributed by atoms with E-state index in [0.29, 0.717) is 24.4 Å². The minimum Gasteiger partial charge on any atom is -0.326 e. The monoisotopic (exact) mass is 448 g/mol. The van der Waals surface area contributed by atoms with Gasteiger partial charge in [0.05, 0.1) is 10.6 Å². The fourth-order valence-electron chi connectivity index (χ4n) is 4.89. The number of thiophene rings is 1. The fraction of sp³-hybridized carbons (Fsp3) is 0.400. The molecule has 3 aromatic rings. The van der Waals surface area contributed by atoms with Crippen molar-refractivity contribution in [1.29, 1.82) is 0 Å². The zero-order valence-corrected chi connectivity index (χ0v) is 19.2. The number of benzene rings is 1. The van der Waals surface area contributed by atoms with Crippen LogP contribution in [0.1, 0.15) is 54.4 Å². The summed E-state index contributed by atoms with van der Waals surface area (Å²) >= 11 is 1.62. The molecule has 0 spiro atoms. The van der Waals surface area contributed by atoms with Crippen LogP contribution in [0.5, 0.6) is 0 Å². The van der Waals surface area contributed by atoms with Crippen molar-refractivity contribution in [3.63, 3.8) is 0 Å². The summed E-state index contributed by atoms with van der Waals surface area (Å²) in [6, 6.07) is 9.27. The summed E-state index contributed by atoms with van der Waals surface area (Å²) in [6.07, 6.45) is 9.46. The van der Waals surface area contributed by atoms with Crippen LogP contribution in [0.2, 0.25) is 0 Å². The van der Waals surface area contributed by atoms with Gasteiger partial charge in [0.15, 0.2) is 0 Å². The van der Waals surface area contributed by atoms with Gasteiger partial charge in [-0.25, -0.2) is 0 Å². The predicted octanol–water partition coefficient (Wildman–Crippen LogP) is 5.26. The van der Waals surface area contributed by atoms with Crippen LogP contribution in [0.3, 0.4) is 0 Å². The molecule has 1 aliphatic carbocycles. The van der Waals surface area contributed by atoms with E-state index in [-0.39, 0.29) is 11.8 Å². The molecule has 0 saturated heterocycles. The fourth-order valence-corrected chi connectivity index (χ4v) is 5.80. The first-order valence-electron chi connectivity index (χ1n) is 11.4. The summed E-state index contributed by atoms with van der Waals surface area (Å²) < 4.78 is 1.84. The van der Waals surface area contributed by atoms with E-state index in [0.717, 1.165) is 41.2 Å². The topological polar surface area (TPSA) is 67.2 Å². The second kappa shape index (κ2) is 8.90. The van der Waals surface area contributed by atoms with Crippen molar-refractivity contribution in [3.8, 4) is 10.6 Å². The van der Waals surface area contributed by atoms with E-state index >= 15 is 0 Å². The molecule has 2 aromatic heterocycles. The maximum atomic E-state index is 13.4. The lowest BCUT2D eigenvalue weighted by atomic mass is 9.87. The van der Waals surface area contributed by atoms with Gasteiger partial charge in [-0.15, -0.1) is 11.3 Å². The summed E-state index contributed by atoms with van der Waals surface area (Å²) in [6.45, 7) is 0.612. The molecule has 1 saturated carbocycles. The van der Waals surface area contributed by atoms with E-state index in [1.165, 1.54) is 24.8 Å². The van der Waals surface area contributed by atoms with Gasteiger partial charge in [-0.2, -0.15) is 5.10 Å². The van der Waals surface area contributed by atoms with Crippen molar-refractivity contribution in [2.24, 2.45) is 13.0 Å². The highest BCUT2D eigenvalue weighted by atomic mass is 32.1. The van der Waals surface area contributed by atoms with Crippen LogP contribution < -0.4 is 10.2 Å². The molecule has 3 heterocycles. The number of nitrogens with one attached hydrogen (secondary N) is 1. The van der Waals surface area contributed by atoms with Crippen molar-refractivity contribution in [2.45, 2.75) is 44.9 Å². The number of hydrogen-bond donors (Lipinski definition) is 1. The molecular formula is C25H28N4O2S. The second-order valence-electron chi connectivity index (χ2n) is 8.85. The highest BCUT2D eigenvalue weighted by Crippen LogP contribution is 2.40. The maximum absolute atomic E-state index is 13.4. The largest absolute Gasteiger partial charge is 0.326 e. The smallest absolute Gasteiger partial charge is 0.258 e. The van der Waals surface area contributed by atoms with E-state index in [1.807, 2.05) is 46.4 Å². The predicted molar refractivity (Wildman–Crippen MR) is 128 cm³/mol. The molecule has 5 rings (SSSR count). The van der Waals surface area contributed by atoms with E-state index < -0.39 is 0 Å². The van der Waals surface area contributed by atoms with E-state index in [9.17, 15) is 9.59 Å². The first kappa shape index (κ1) is 20.9. The van der Waals surface area contributed by atoms with Crippen LogP contribution >= 0.6 is 11.3 Å². The zero-order valence-electron chi connectivity index (χ0n) is 18.3. The van der Waals surface area contributed by atoms with Gasteiger partial charge in [0.25, 0.3) is 5.91 Å². The maximum Gasteiger partial charge on any atom is 0.258 e. The number of hydrogen-bond acceptors (Lipinski definition) is 4. The van der Waals surface area contributed by atoms with Crippen LogP contribution in [-0.2, 0) is 18.3 Å². The average Bonchev–Trinajstić information content (AvgIpc) is 3.38. The first-order valence-corrected chi connectivity index (χ1v) is 12.3. The molecule has 0 unspecified atom stereocenters. The number of carbonyl (C=O) groups excluding carboxylic acids is 2. The Bertz CT molecular complexity index is 1130. The van der Waals surface area contributed by atoms with Gasteiger partial charge >= 0.3 is 0 Å². The molecule has 6 nitrogen and oxygen atoms in total. The molecule has 166 valence electrons. The lowest BCUT2D eigenvalue weighted by Crippen LogP contribution is -2.32. The Labute approximate surface area is 192 Å². The van der Waals surface area contributed by atoms with Crippen molar-refractivity contribution >= 4 is 34.5 Å². The van der Waals surface area contributed by atoms with E-state index in [1.54, 1.807) is 23.5 Å². The Hall–Kier alpha value is -2.93. The minimum absolute atomic E-state index is 0.0285. The standard InChI is InChI=1S/C25H28N4O2S/c1-28-16-19-11-13-29(21-12-14-32-24(21)23(19)27-28)25(31)18-7-9-20(10-8-18)26-22(30)15-17-5-3-2-4-6-17/h7-10,12,14,16-17H,2-6,11,13,15H2,1H3,(H,26,30). The lowest BCUT2D eigenvalue weighted by Gasteiger charge is -2.22. The van der Waals surface area contributed by atoms with E-state index in [4.69, 9.17) is 0 Å². The number of aryl methyl sites for hydroxylation is 1. The second-order valence-corrected chi connectivity index (χ2v) is 9.77. The van der Waals surface area contributed by atoms with Crippen molar-refractivity contribution in [2.75, 3.05) is 16.8 Å². The number of fused-ring (bicyclic) bond motifs is 3. The number of amides is 2. The number of aromatic nitrogens is 2. The molecule has 7 heteroatoms. The number of carbonyl (C=O) groups is 2. The van der Waals surface area contributed by atoms with Gasteiger partial charge in [0.2, 0.25) is 5.91 Å². The van der Waals surface area contributed by atoms with Gasteiger partial charge in [-0.05, 0) is 60.9 Å². The lowest BCUT2D eigenvalue weighted by molar-refractivity contribution is -0.117. The van der Waals surface area contributed by atoms with Gasteiger partial charge in [-0.1, -0.05) is 19.3 Å². The number of rotatable bonds is 4. The molecule has 32 heavy (non-hydrogen) atoms. The van der Waals surface area contributed by atoms with Crippen molar-refractivity contribution in [1.82, 2.24) is 9.78 Å². The Morgan fingerprint density at radius 1 is 1.12 bits per heavy atom. The van der Waals surface area contributed by atoms with E-state index in [2.05, 4.69) is 10.4 Å². The Morgan fingerprint density at radius 2 is 1.91 bits per heavy atom.